The maximum Gasteiger partial charge on any atom is 0.318 e. The van der Waals surface area contributed by atoms with Crippen LogP contribution in [0.4, 0.5) is 11.6 Å². The molecule has 0 saturated carbocycles. The Balaban J connectivity index is 1.11. The standard InChI is InChI=1S/C28H29N7O3/c1-34-14-11-21(12-15-34)38-28-29-13-10-25(30-28)35-17-23-24(18-35)32-33-26(23)31-27(36)19-6-5-9-22(16-19)37-20-7-3-2-4-8-20/h2-10,13,16,21H,11-12,14-15,17-18H2,1H3,(H2,31,32,33,36). The highest BCUT2D eigenvalue weighted by Crippen LogP contribution is 2.31. The van der Waals surface area contributed by atoms with Gasteiger partial charge >= 0.3 is 6.01 Å². The number of aromatic amines is 1. The van der Waals surface area contributed by atoms with Gasteiger partial charge in [0.2, 0.25) is 0 Å². The zero-order valence-electron chi connectivity index (χ0n) is 21.1. The first kappa shape index (κ1) is 23.9. The summed E-state index contributed by atoms with van der Waals surface area (Å²) in [6.45, 7) is 3.18. The number of fused-ring (bicyclic) bond motifs is 1. The van der Waals surface area contributed by atoms with Crippen LogP contribution in [0, 0.1) is 0 Å². The van der Waals surface area contributed by atoms with Crippen molar-refractivity contribution in [3.05, 3.63) is 83.7 Å². The summed E-state index contributed by atoms with van der Waals surface area (Å²) in [5, 5.41) is 10.4. The largest absolute Gasteiger partial charge is 0.460 e. The fourth-order valence-electron chi connectivity index (χ4n) is 4.73. The number of amides is 1. The summed E-state index contributed by atoms with van der Waals surface area (Å²) in [6, 6.07) is 18.8. The van der Waals surface area contributed by atoms with Crippen molar-refractivity contribution in [3.8, 4) is 17.5 Å². The predicted molar refractivity (Wildman–Crippen MR) is 143 cm³/mol. The van der Waals surface area contributed by atoms with Gasteiger partial charge in [-0.3, -0.25) is 9.89 Å². The highest BCUT2D eigenvalue weighted by molar-refractivity contribution is 6.04. The van der Waals surface area contributed by atoms with E-state index in [4.69, 9.17) is 9.47 Å². The highest BCUT2D eigenvalue weighted by atomic mass is 16.5. The Morgan fingerprint density at radius 1 is 1.03 bits per heavy atom. The highest BCUT2D eigenvalue weighted by Gasteiger charge is 2.28. The molecule has 194 valence electrons. The van der Waals surface area contributed by atoms with Gasteiger partial charge in [-0.15, -0.1) is 0 Å². The smallest absolute Gasteiger partial charge is 0.318 e. The number of rotatable bonds is 7. The summed E-state index contributed by atoms with van der Waals surface area (Å²) in [6.07, 6.45) is 3.79. The minimum atomic E-state index is -0.257. The molecule has 4 aromatic rings. The van der Waals surface area contributed by atoms with Crippen molar-refractivity contribution in [2.45, 2.75) is 32.0 Å². The van der Waals surface area contributed by atoms with Crippen LogP contribution in [-0.4, -0.2) is 57.2 Å². The summed E-state index contributed by atoms with van der Waals surface area (Å²) in [7, 11) is 2.12. The number of ether oxygens (including phenoxy) is 2. The summed E-state index contributed by atoms with van der Waals surface area (Å²) >= 11 is 0. The van der Waals surface area contributed by atoms with Crippen LogP contribution in [0.1, 0.15) is 34.5 Å². The van der Waals surface area contributed by atoms with E-state index in [1.807, 2.05) is 42.5 Å². The number of carbonyl (C=O) groups is 1. The monoisotopic (exact) mass is 511 g/mol. The van der Waals surface area contributed by atoms with Gasteiger partial charge in [0.05, 0.1) is 18.8 Å². The van der Waals surface area contributed by atoms with E-state index in [2.05, 4.69) is 42.3 Å². The zero-order chi connectivity index (χ0) is 25.9. The van der Waals surface area contributed by atoms with Gasteiger partial charge in [-0.2, -0.15) is 10.1 Å². The van der Waals surface area contributed by atoms with E-state index in [0.717, 1.165) is 43.0 Å². The van der Waals surface area contributed by atoms with Gasteiger partial charge in [0.25, 0.3) is 5.91 Å². The van der Waals surface area contributed by atoms with Crippen molar-refractivity contribution < 1.29 is 14.3 Å². The number of aromatic nitrogens is 4. The van der Waals surface area contributed by atoms with Gasteiger partial charge in [-0.1, -0.05) is 24.3 Å². The molecule has 0 spiro atoms. The lowest BCUT2D eigenvalue weighted by Gasteiger charge is -2.28. The van der Waals surface area contributed by atoms with Gasteiger partial charge in [-0.05, 0) is 56.3 Å². The maximum atomic E-state index is 13.0. The van der Waals surface area contributed by atoms with Crippen LogP contribution in [0.5, 0.6) is 17.5 Å². The molecule has 2 aromatic carbocycles. The van der Waals surface area contributed by atoms with E-state index >= 15 is 0 Å². The number of hydrogen-bond acceptors (Lipinski definition) is 8. The van der Waals surface area contributed by atoms with E-state index in [-0.39, 0.29) is 12.0 Å². The molecule has 2 N–H and O–H groups in total. The molecule has 2 aliphatic heterocycles. The van der Waals surface area contributed by atoms with E-state index in [9.17, 15) is 4.79 Å². The van der Waals surface area contributed by atoms with Crippen LogP contribution in [0.25, 0.3) is 0 Å². The molecule has 0 aliphatic carbocycles. The Hall–Kier alpha value is -4.44. The van der Waals surface area contributed by atoms with Crippen LogP contribution < -0.4 is 19.7 Å². The van der Waals surface area contributed by atoms with E-state index in [1.165, 1.54) is 0 Å². The van der Waals surface area contributed by atoms with Crippen molar-refractivity contribution in [2.24, 2.45) is 0 Å². The summed E-state index contributed by atoms with van der Waals surface area (Å²) in [4.78, 5) is 26.4. The second-order valence-electron chi connectivity index (χ2n) is 9.60. The number of hydrogen-bond donors (Lipinski definition) is 2. The van der Waals surface area contributed by atoms with Gasteiger partial charge in [-0.25, -0.2) is 4.98 Å². The Labute approximate surface area is 220 Å². The van der Waals surface area contributed by atoms with Gasteiger partial charge < -0.3 is 24.6 Å². The lowest BCUT2D eigenvalue weighted by Crippen LogP contribution is -2.36. The topological polar surface area (TPSA) is 108 Å². The van der Waals surface area contributed by atoms with Crippen molar-refractivity contribution in [1.29, 1.82) is 0 Å². The lowest BCUT2D eigenvalue weighted by molar-refractivity contribution is 0.102. The molecule has 2 aromatic heterocycles. The molecule has 0 unspecified atom stereocenters. The normalized spacial score (nSPS) is 15.8. The fourth-order valence-corrected chi connectivity index (χ4v) is 4.73. The average molecular weight is 512 g/mol. The minimum absolute atomic E-state index is 0.135. The number of piperidine rings is 1. The molecule has 0 atom stereocenters. The molecule has 6 rings (SSSR count). The van der Waals surface area contributed by atoms with Crippen LogP contribution in [-0.2, 0) is 13.1 Å². The first-order chi connectivity index (χ1) is 18.6. The lowest BCUT2D eigenvalue weighted by atomic mass is 10.1. The molecule has 1 fully saturated rings. The number of carbonyl (C=O) groups excluding carboxylic acids is 1. The second-order valence-corrected chi connectivity index (χ2v) is 9.60. The first-order valence-corrected chi connectivity index (χ1v) is 12.7. The molecule has 1 amide bonds. The van der Waals surface area contributed by atoms with Gasteiger partial charge in [0.1, 0.15) is 23.4 Å². The van der Waals surface area contributed by atoms with E-state index in [1.54, 1.807) is 24.4 Å². The number of nitrogens with zero attached hydrogens (tertiary/aromatic N) is 5. The SMILES string of the molecule is CN1CCC(Oc2nccc(N3Cc4[nH]nc(NC(=O)c5cccc(Oc6ccccc6)c5)c4C3)n2)CC1. The summed E-state index contributed by atoms with van der Waals surface area (Å²) < 4.78 is 11.9. The predicted octanol–water partition coefficient (Wildman–Crippen LogP) is 4.24. The van der Waals surface area contributed by atoms with E-state index < -0.39 is 0 Å². The second kappa shape index (κ2) is 10.5. The first-order valence-electron chi connectivity index (χ1n) is 12.7. The Bertz CT molecular complexity index is 1420. The van der Waals surface area contributed by atoms with Crippen molar-refractivity contribution in [3.63, 3.8) is 0 Å². The number of H-pyrrole nitrogens is 1. The van der Waals surface area contributed by atoms with Crippen LogP contribution in [0.2, 0.25) is 0 Å². The molecular formula is C28H29N7O3. The van der Waals surface area contributed by atoms with Gasteiger partial charge in [0.15, 0.2) is 5.82 Å². The minimum Gasteiger partial charge on any atom is -0.460 e. The van der Waals surface area contributed by atoms with Crippen LogP contribution in [0.3, 0.4) is 0 Å². The maximum absolute atomic E-state index is 13.0. The zero-order valence-corrected chi connectivity index (χ0v) is 21.1. The third kappa shape index (κ3) is 5.30. The molecule has 38 heavy (non-hydrogen) atoms. The average Bonchev–Trinajstić information content (AvgIpc) is 3.53. The Morgan fingerprint density at radius 3 is 2.68 bits per heavy atom. The summed E-state index contributed by atoms with van der Waals surface area (Å²) in [5.74, 6) is 2.32. The molecular weight excluding hydrogens is 482 g/mol. The van der Waals surface area contributed by atoms with Crippen LogP contribution >= 0.6 is 0 Å². The number of benzene rings is 2. The third-order valence-electron chi connectivity index (χ3n) is 6.84. The van der Waals surface area contributed by atoms with Crippen molar-refractivity contribution in [1.82, 2.24) is 25.1 Å². The molecule has 10 heteroatoms. The molecule has 1 saturated heterocycles. The Morgan fingerprint density at radius 2 is 1.84 bits per heavy atom. The number of likely N-dealkylation sites (tertiary alicyclic amines) is 1. The molecule has 0 radical (unpaired) electrons. The molecule has 4 heterocycles. The quantitative estimate of drug-likeness (QED) is 0.379. The van der Waals surface area contributed by atoms with Crippen molar-refractivity contribution in [2.75, 3.05) is 30.4 Å². The van der Waals surface area contributed by atoms with Crippen LogP contribution in [0.15, 0.2) is 66.9 Å². The molecule has 2 aliphatic rings. The van der Waals surface area contributed by atoms with Gasteiger partial charge in [0, 0.05) is 30.4 Å². The third-order valence-corrected chi connectivity index (χ3v) is 6.84. The van der Waals surface area contributed by atoms with Crippen molar-refractivity contribution >= 4 is 17.5 Å². The Kier molecular flexibility index (Phi) is 6.62. The number of nitrogens with one attached hydrogen (secondary N) is 2. The number of para-hydroxylation sites is 1. The van der Waals surface area contributed by atoms with E-state index in [0.29, 0.717) is 42.0 Å². The number of anilines is 2. The fraction of sp³-hybridized carbons (Fsp3) is 0.286. The molecule has 10 nitrogen and oxygen atoms in total. The molecule has 0 bridgehead atoms. The summed E-state index contributed by atoms with van der Waals surface area (Å²) in [5.41, 5.74) is 2.36.